The summed E-state index contributed by atoms with van der Waals surface area (Å²) in [7, 11) is 6.07. The van der Waals surface area contributed by atoms with E-state index in [-0.39, 0.29) is 0 Å². The molecule has 0 saturated heterocycles. The van der Waals surface area contributed by atoms with E-state index in [1.165, 1.54) is 0 Å². The molecular weight excluding hydrogens is 102 g/mol. The molecule has 0 fully saturated rings. The molecule has 0 heterocycles. The smallest absolute Gasteiger partial charge is 0.104 e. The monoisotopic (exact) mass is 117 g/mol. The Labute approximate surface area is 51.3 Å². The molecule has 0 saturated carbocycles. The van der Waals surface area contributed by atoms with Crippen LogP contribution in [0.4, 0.5) is 0 Å². The van der Waals surface area contributed by atoms with Gasteiger partial charge in [-0.2, -0.15) is 0 Å². The van der Waals surface area contributed by atoms with E-state index in [4.69, 9.17) is 5.11 Å². The molecule has 1 radical (unpaired) electrons. The molecule has 1 atom stereocenters. The molecular formula is C6H15NO+. The molecule has 0 aliphatic rings. The number of rotatable bonds is 2. The standard InChI is InChI=1S/C6H15NO/c1-6(8)5-7(2,3)4/h6,8H,1,5H2,2-4H3/q+1. The first-order chi connectivity index (χ1) is 3.42. The lowest BCUT2D eigenvalue weighted by molar-refractivity contribution is -0.872. The van der Waals surface area contributed by atoms with Crippen LogP contribution in [0.3, 0.4) is 0 Å². The zero-order valence-electron chi connectivity index (χ0n) is 5.89. The lowest BCUT2D eigenvalue weighted by Crippen LogP contribution is -2.40. The second-order valence-electron chi connectivity index (χ2n) is 3.13. The summed E-state index contributed by atoms with van der Waals surface area (Å²) >= 11 is 0. The van der Waals surface area contributed by atoms with Crippen molar-refractivity contribution in [1.29, 1.82) is 0 Å². The van der Waals surface area contributed by atoms with Crippen molar-refractivity contribution in [3.05, 3.63) is 6.92 Å². The van der Waals surface area contributed by atoms with Crippen LogP contribution >= 0.6 is 0 Å². The van der Waals surface area contributed by atoms with E-state index in [1.54, 1.807) is 0 Å². The van der Waals surface area contributed by atoms with Gasteiger partial charge in [-0.05, 0) is 6.92 Å². The predicted octanol–water partition coefficient (Wildman–Crippen LogP) is -0.112. The van der Waals surface area contributed by atoms with Crippen LogP contribution in [0.5, 0.6) is 0 Å². The molecule has 0 aromatic heterocycles. The van der Waals surface area contributed by atoms with E-state index < -0.39 is 6.10 Å². The third-order valence-electron chi connectivity index (χ3n) is 0.758. The molecule has 0 aliphatic heterocycles. The van der Waals surface area contributed by atoms with Gasteiger partial charge in [-0.25, -0.2) is 0 Å². The van der Waals surface area contributed by atoms with Gasteiger partial charge in [0.15, 0.2) is 0 Å². The Morgan fingerprint density at radius 1 is 1.50 bits per heavy atom. The van der Waals surface area contributed by atoms with Gasteiger partial charge in [0.2, 0.25) is 0 Å². The SMILES string of the molecule is [CH2]C(O)C[N+](C)(C)C. The molecule has 0 amide bonds. The van der Waals surface area contributed by atoms with Crippen LogP contribution in [0.25, 0.3) is 0 Å². The number of hydrogen-bond donors (Lipinski definition) is 1. The number of likely N-dealkylation sites (N-methyl/N-ethyl adjacent to an activating group) is 1. The van der Waals surface area contributed by atoms with Crippen molar-refractivity contribution in [3.63, 3.8) is 0 Å². The van der Waals surface area contributed by atoms with Crippen molar-refractivity contribution in [3.8, 4) is 0 Å². The van der Waals surface area contributed by atoms with Gasteiger partial charge in [0.05, 0.1) is 21.1 Å². The molecule has 0 aliphatic carbocycles. The van der Waals surface area contributed by atoms with Crippen LogP contribution in [0.2, 0.25) is 0 Å². The summed E-state index contributed by atoms with van der Waals surface area (Å²) < 4.78 is 0.769. The van der Waals surface area contributed by atoms with Gasteiger partial charge in [-0.1, -0.05) is 0 Å². The highest BCUT2D eigenvalue weighted by atomic mass is 16.3. The highest BCUT2D eigenvalue weighted by Gasteiger charge is 2.09. The minimum atomic E-state index is -0.435. The average Bonchev–Trinajstić information content (AvgIpc) is 1.21. The van der Waals surface area contributed by atoms with E-state index in [2.05, 4.69) is 6.92 Å². The van der Waals surface area contributed by atoms with Crippen LogP contribution in [0, 0.1) is 6.92 Å². The van der Waals surface area contributed by atoms with Gasteiger partial charge in [-0.3, -0.25) is 0 Å². The van der Waals surface area contributed by atoms with Crippen molar-refractivity contribution in [2.24, 2.45) is 0 Å². The van der Waals surface area contributed by atoms with E-state index >= 15 is 0 Å². The Hall–Kier alpha value is -0.0800. The maximum Gasteiger partial charge on any atom is 0.104 e. The molecule has 1 unspecified atom stereocenters. The normalized spacial score (nSPS) is 16.1. The molecule has 0 rings (SSSR count). The molecule has 0 aromatic carbocycles. The fourth-order valence-electron chi connectivity index (χ4n) is 0.632. The Bertz CT molecular complexity index is 63.4. The van der Waals surface area contributed by atoms with Crippen LogP contribution in [-0.4, -0.2) is 43.4 Å². The van der Waals surface area contributed by atoms with Gasteiger partial charge >= 0.3 is 0 Å². The van der Waals surface area contributed by atoms with Crippen molar-refractivity contribution in [2.45, 2.75) is 6.10 Å². The first-order valence-corrected chi connectivity index (χ1v) is 2.73. The molecule has 0 bridgehead atoms. The van der Waals surface area contributed by atoms with E-state index in [0.717, 1.165) is 4.48 Å². The second-order valence-corrected chi connectivity index (χ2v) is 3.13. The maximum atomic E-state index is 8.76. The summed E-state index contributed by atoms with van der Waals surface area (Å²) in [5.41, 5.74) is 0. The van der Waals surface area contributed by atoms with Crippen molar-refractivity contribution in [1.82, 2.24) is 0 Å². The van der Waals surface area contributed by atoms with Gasteiger partial charge in [0.25, 0.3) is 0 Å². The van der Waals surface area contributed by atoms with Crippen molar-refractivity contribution in [2.75, 3.05) is 27.7 Å². The lowest BCUT2D eigenvalue weighted by atomic mass is 10.3. The zero-order chi connectivity index (χ0) is 6.78. The first-order valence-electron chi connectivity index (χ1n) is 2.73. The summed E-state index contributed by atoms with van der Waals surface area (Å²) in [6.45, 7) is 4.17. The van der Waals surface area contributed by atoms with Crippen molar-refractivity contribution >= 4 is 0 Å². The Balaban J connectivity index is 3.39. The Morgan fingerprint density at radius 2 is 1.88 bits per heavy atom. The van der Waals surface area contributed by atoms with E-state index in [9.17, 15) is 0 Å². The van der Waals surface area contributed by atoms with Gasteiger partial charge in [-0.15, -0.1) is 0 Å². The molecule has 2 nitrogen and oxygen atoms in total. The summed E-state index contributed by atoms with van der Waals surface area (Å²) in [5, 5.41) is 8.76. The molecule has 49 valence electrons. The average molecular weight is 117 g/mol. The number of nitrogens with zero attached hydrogens (tertiary/aromatic N) is 1. The topological polar surface area (TPSA) is 20.2 Å². The predicted molar refractivity (Wildman–Crippen MR) is 34.3 cm³/mol. The van der Waals surface area contributed by atoms with Crippen LogP contribution in [-0.2, 0) is 0 Å². The largest absolute Gasteiger partial charge is 0.387 e. The fourth-order valence-corrected chi connectivity index (χ4v) is 0.632. The number of aliphatic hydroxyl groups is 1. The quantitative estimate of drug-likeness (QED) is 0.500. The summed E-state index contributed by atoms with van der Waals surface area (Å²) in [6.07, 6.45) is -0.435. The summed E-state index contributed by atoms with van der Waals surface area (Å²) in [4.78, 5) is 0. The zero-order valence-corrected chi connectivity index (χ0v) is 5.89. The highest BCUT2D eigenvalue weighted by molar-refractivity contribution is 4.52. The molecule has 8 heavy (non-hydrogen) atoms. The number of hydrogen-bond acceptors (Lipinski definition) is 1. The van der Waals surface area contributed by atoms with Crippen LogP contribution in [0.1, 0.15) is 0 Å². The first kappa shape index (κ1) is 7.92. The van der Waals surface area contributed by atoms with E-state index in [0.29, 0.717) is 6.54 Å². The summed E-state index contributed by atoms with van der Waals surface area (Å²) in [5.74, 6) is 0. The van der Waals surface area contributed by atoms with Crippen LogP contribution in [0.15, 0.2) is 0 Å². The fraction of sp³-hybridized carbons (Fsp3) is 0.833. The second kappa shape index (κ2) is 2.46. The summed E-state index contributed by atoms with van der Waals surface area (Å²) in [6, 6.07) is 0. The Morgan fingerprint density at radius 3 is 1.88 bits per heavy atom. The Kier molecular flexibility index (Phi) is 2.44. The maximum absolute atomic E-state index is 8.76. The minimum absolute atomic E-state index is 0.435. The molecule has 0 aromatic rings. The third-order valence-corrected chi connectivity index (χ3v) is 0.758. The minimum Gasteiger partial charge on any atom is -0.387 e. The molecule has 0 spiro atoms. The van der Waals surface area contributed by atoms with E-state index in [1.807, 2.05) is 21.1 Å². The van der Waals surface area contributed by atoms with Gasteiger partial charge in [0.1, 0.15) is 12.6 Å². The molecule has 2 heteroatoms. The van der Waals surface area contributed by atoms with Crippen molar-refractivity contribution < 1.29 is 9.59 Å². The number of quaternary nitrogens is 1. The number of aliphatic hydroxyl groups excluding tert-OH is 1. The van der Waals surface area contributed by atoms with Gasteiger partial charge < -0.3 is 9.59 Å². The van der Waals surface area contributed by atoms with Crippen LogP contribution < -0.4 is 0 Å². The molecule has 1 N–H and O–H groups in total. The lowest BCUT2D eigenvalue weighted by Gasteiger charge is -2.24. The third kappa shape index (κ3) is 5.92. The van der Waals surface area contributed by atoms with Gasteiger partial charge in [0, 0.05) is 0 Å². The highest BCUT2D eigenvalue weighted by Crippen LogP contribution is 1.91.